The van der Waals surface area contributed by atoms with Crippen LogP contribution in [0.15, 0.2) is 30.8 Å². The minimum atomic E-state index is -1.80. The van der Waals surface area contributed by atoms with Gasteiger partial charge in [-0.15, -0.1) is 0 Å². The monoisotopic (exact) mass is 268 g/mol. The molecular formula is C11H16Sn. The summed E-state index contributed by atoms with van der Waals surface area (Å²) < 4.78 is 1.58. The number of hydrogen-bond donors (Lipinski definition) is 0. The zero-order chi connectivity index (χ0) is 9.19. The van der Waals surface area contributed by atoms with Gasteiger partial charge in [-0.2, -0.15) is 0 Å². The Morgan fingerprint density at radius 2 is 1.58 bits per heavy atom. The van der Waals surface area contributed by atoms with E-state index in [2.05, 4.69) is 45.7 Å². The molecule has 0 N–H and O–H groups in total. The second-order valence-corrected chi connectivity index (χ2v) is 18.6. The fraction of sp³-hybridized carbons (Fsp3) is 0.273. The van der Waals surface area contributed by atoms with Gasteiger partial charge in [0.25, 0.3) is 0 Å². The van der Waals surface area contributed by atoms with Crippen LogP contribution in [0.2, 0.25) is 14.8 Å². The van der Waals surface area contributed by atoms with E-state index in [1.54, 1.807) is 3.58 Å². The fourth-order valence-corrected chi connectivity index (χ4v) is 4.45. The Bertz CT molecular complexity index is 264. The molecule has 0 unspecified atom stereocenters. The molecule has 0 aliphatic rings. The third-order valence-electron chi connectivity index (χ3n) is 2.01. The Kier molecular flexibility index (Phi) is 2.99. The Balaban J connectivity index is 3.00. The summed E-state index contributed by atoms with van der Waals surface area (Å²) in [4.78, 5) is 7.28. The molecule has 0 saturated heterocycles. The normalized spacial score (nSPS) is 11.2. The van der Waals surface area contributed by atoms with Crippen LogP contribution in [0.3, 0.4) is 0 Å². The van der Waals surface area contributed by atoms with E-state index in [0.29, 0.717) is 0 Å². The molecule has 64 valence electrons. The van der Waals surface area contributed by atoms with Crippen LogP contribution in [0.4, 0.5) is 0 Å². The summed E-state index contributed by atoms with van der Waals surface area (Å²) in [7, 11) is 0. The van der Waals surface area contributed by atoms with Gasteiger partial charge >= 0.3 is 79.3 Å². The molecule has 0 heterocycles. The first kappa shape index (κ1) is 9.84. The summed E-state index contributed by atoms with van der Waals surface area (Å²) in [6, 6.07) is 8.83. The predicted molar refractivity (Wildman–Crippen MR) is 59.5 cm³/mol. The average Bonchev–Trinajstić information content (AvgIpc) is 2.03. The van der Waals surface area contributed by atoms with Gasteiger partial charge in [-0.3, -0.25) is 0 Å². The summed E-state index contributed by atoms with van der Waals surface area (Å²) in [6.45, 7) is 3.74. The molecule has 0 bridgehead atoms. The Labute approximate surface area is 79.2 Å². The van der Waals surface area contributed by atoms with Gasteiger partial charge in [0, 0.05) is 0 Å². The molecule has 0 amide bonds. The molecule has 1 heteroatoms. The Hall–Kier alpha value is -0.241. The van der Waals surface area contributed by atoms with E-state index < -0.39 is 18.4 Å². The van der Waals surface area contributed by atoms with Crippen molar-refractivity contribution in [1.82, 2.24) is 0 Å². The van der Waals surface area contributed by atoms with Crippen LogP contribution < -0.4 is 3.58 Å². The van der Waals surface area contributed by atoms with Crippen LogP contribution in [-0.4, -0.2) is 18.4 Å². The van der Waals surface area contributed by atoms with Crippen LogP contribution in [0, 0.1) is 0 Å². The van der Waals surface area contributed by atoms with Gasteiger partial charge in [0.1, 0.15) is 0 Å². The molecule has 1 aromatic rings. The van der Waals surface area contributed by atoms with Gasteiger partial charge in [0.15, 0.2) is 0 Å². The number of hydrogen-bond acceptors (Lipinski definition) is 0. The van der Waals surface area contributed by atoms with Crippen molar-refractivity contribution in [3.8, 4) is 0 Å². The quantitative estimate of drug-likeness (QED) is 0.723. The fourth-order valence-electron chi connectivity index (χ4n) is 1.12. The van der Waals surface area contributed by atoms with Crippen LogP contribution in [0.25, 0.3) is 6.08 Å². The van der Waals surface area contributed by atoms with Crippen molar-refractivity contribution in [2.75, 3.05) is 0 Å². The first-order valence-corrected chi connectivity index (χ1v) is 14.3. The Morgan fingerprint density at radius 3 is 1.92 bits per heavy atom. The molecule has 0 aromatic heterocycles. The van der Waals surface area contributed by atoms with E-state index in [-0.39, 0.29) is 0 Å². The molecule has 12 heavy (non-hydrogen) atoms. The van der Waals surface area contributed by atoms with E-state index in [1.807, 2.05) is 6.08 Å². The van der Waals surface area contributed by atoms with Crippen molar-refractivity contribution >= 4 is 28.0 Å². The topological polar surface area (TPSA) is 0 Å². The minimum absolute atomic E-state index is 1.22. The molecule has 0 spiro atoms. The number of rotatable bonds is 2. The van der Waals surface area contributed by atoms with Crippen molar-refractivity contribution < 1.29 is 0 Å². The molecule has 0 atom stereocenters. The summed E-state index contributed by atoms with van der Waals surface area (Å²) in [5, 5.41) is 0. The first-order valence-electron chi connectivity index (χ1n) is 4.27. The summed E-state index contributed by atoms with van der Waals surface area (Å²) in [5.74, 6) is 0. The maximum absolute atomic E-state index is 3.74. The van der Waals surface area contributed by atoms with Crippen molar-refractivity contribution in [3.63, 3.8) is 0 Å². The maximum atomic E-state index is 3.74. The molecule has 0 aliphatic heterocycles. The first-order chi connectivity index (χ1) is 5.54. The van der Waals surface area contributed by atoms with Crippen LogP contribution >= 0.6 is 0 Å². The van der Waals surface area contributed by atoms with Gasteiger partial charge < -0.3 is 0 Å². The van der Waals surface area contributed by atoms with Gasteiger partial charge in [0.05, 0.1) is 0 Å². The van der Waals surface area contributed by atoms with E-state index in [1.165, 1.54) is 5.56 Å². The zero-order valence-electron chi connectivity index (χ0n) is 8.09. The van der Waals surface area contributed by atoms with E-state index in [0.717, 1.165) is 0 Å². The van der Waals surface area contributed by atoms with Gasteiger partial charge in [-0.25, -0.2) is 0 Å². The summed E-state index contributed by atoms with van der Waals surface area (Å²) >= 11 is -1.80. The molecule has 0 radical (unpaired) electrons. The third kappa shape index (κ3) is 2.37. The molecule has 0 nitrogen and oxygen atoms in total. The van der Waals surface area contributed by atoms with E-state index >= 15 is 0 Å². The standard InChI is InChI=1S/C8H7.3CH3.Sn/c1-2-8-6-4-3-5-7-8;;;;/h2,4-7H,1H2;3*1H3;. The van der Waals surface area contributed by atoms with Crippen LogP contribution in [0.1, 0.15) is 5.56 Å². The molecular weight excluding hydrogens is 251 g/mol. The molecule has 1 aromatic carbocycles. The van der Waals surface area contributed by atoms with Crippen LogP contribution in [-0.2, 0) is 0 Å². The van der Waals surface area contributed by atoms with Gasteiger partial charge in [-0.05, 0) is 0 Å². The summed E-state index contributed by atoms with van der Waals surface area (Å²) in [5.41, 5.74) is 1.22. The molecule has 0 fully saturated rings. The average molecular weight is 267 g/mol. The molecule has 0 saturated carbocycles. The predicted octanol–water partition coefficient (Wildman–Crippen LogP) is 2.87. The zero-order valence-corrected chi connectivity index (χ0v) is 10.9. The van der Waals surface area contributed by atoms with Crippen molar-refractivity contribution in [2.24, 2.45) is 0 Å². The van der Waals surface area contributed by atoms with E-state index in [9.17, 15) is 0 Å². The third-order valence-corrected chi connectivity index (χ3v) is 7.91. The molecule has 0 aliphatic carbocycles. The van der Waals surface area contributed by atoms with Gasteiger partial charge in [-0.1, -0.05) is 0 Å². The Morgan fingerprint density at radius 1 is 1.08 bits per heavy atom. The SMILES string of the molecule is C=Cc1cc[c]([Sn]([CH3])([CH3])[CH3])cc1. The number of benzene rings is 1. The van der Waals surface area contributed by atoms with Crippen LogP contribution in [0.5, 0.6) is 0 Å². The molecule has 1 rings (SSSR count). The van der Waals surface area contributed by atoms with Crippen molar-refractivity contribution in [2.45, 2.75) is 14.8 Å². The van der Waals surface area contributed by atoms with Crippen molar-refractivity contribution in [1.29, 1.82) is 0 Å². The second-order valence-electron chi connectivity index (χ2n) is 4.08. The van der Waals surface area contributed by atoms with Gasteiger partial charge in [0.2, 0.25) is 0 Å². The van der Waals surface area contributed by atoms with E-state index in [4.69, 9.17) is 0 Å². The second kappa shape index (κ2) is 3.65. The van der Waals surface area contributed by atoms with Crippen molar-refractivity contribution in [3.05, 3.63) is 36.4 Å². The summed E-state index contributed by atoms with van der Waals surface area (Å²) in [6.07, 6.45) is 1.89.